The molecule has 0 spiro atoms. The van der Waals surface area contributed by atoms with Gasteiger partial charge in [0.1, 0.15) is 5.82 Å². The van der Waals surface area contributed by atoms with E-state index < -0.39 is 0 Å². The van der Waals surface area contributed by atoms with E-state index in [9.17, 15) is 4.79 Å². The average molecular weight is 409 g/mol. The lowest BCUT2D eigenvalue weighted by molar-refractivity contribution is -0.130. The number of nitrogens with zero attached hydrogens (tertiary/aromatic N) is 7. The molecular weight excluding hydrogens is 376 g/mol. The largest absolute Gasteiger partial charge is 0.355 e. The van der Waals surface area contributed by atoms with Gasteiger partial charge < -0.3 is 20.0 Å². The first kappa shape index (κ1) is 20.8. The van der Waals surface area contributed by atoms with Gasteiger partial charge in [0.25, 0.3) is 0 Å². The summed E-state index contributed by atoms with van der Waals surface area (Å²) in [5, 5.41) is 4.53. The summed E-state index contributed by atoms with van der Waals surface area (Å²) in [6, 6.07) is 0. The molecule has 0 aromatic carbocycles. The lowest BCUT2D eigenvalue weighted by Gasteiger charge is -2.37. The fraction of sp³-hybridized carbons (Fsp3) is 0.778. The highest BCUT2D eigenvalue weighted by Crippen LogP contribution is 2.19. The van der Waals surface area contributed by atoms with Crippen molar-refractivity contribution in [2.45, 2.75) is 20.3 Å². The molecule has 0 bridgehead atoms. The van der Waals surface area contributed by atoms with Crippen molar-refractivity contribution in [1.29, 1.82) is 0 Å². The van der Waals surface area contributed by atoms with Crippen LogP contribution in [0, 0.1) is 0 Å². The lowest BCUT2D eigenvalue weighted by Crippen LogP contribution is -2.54. The van der Waals surface area contributed by atoms with Crippen molar-refractivity contribution in [2.75, 3.05) is 77.4 Å². The number of amides is 1. The Kier molecular flexibility index (Phi) is 7.43. The molecule has 0 atom stereocenters. The van der Waals surface area contributed by atoms with Gasteiger partial charge in [-0.05, 0) is 0 Å². The number of aromatic nitrogens is 2. The van der Waals surface area contributed by atoms with Gasteiger partial charge in [0, 0.05) is 97.4 Å². The molecule has 10 heteroatoms. The minimum atomic E-state index is 0.178. The summed E-state index contributed by atoms with van der Waals surface area (Å²) < 4.78 is 4.39. The zero-order valence-corrected chi connectivity index (χ0v) is 18.0. The molecule has 2 fully saturated rings. The number of anilines is 1. The van der Waals surface area contributed by atoms with Crippen molar-refractivity contribution >= 4 is 28.5 Å². The maximum Gasteiger partial charge on any atom is 0.219 e. The van der Waals surface area contributed by atoms with Crippen LogP contribution in [0.2, 0.25) is 0 Å². The molecule has 1 aromatic rings. The van der Waals surface area contributed by atoms with Crippen LogP contribution < -0.4 is 10.2 Å². The molecule has 2 saturated heterocycles. The smallest absolute Gasteiger partial charge is 0.219 e. The molecular formula is C18H32N8OS. The molecule has 3 rings (SSSR count). The van der Waals surface area contributed by atoms with E-state index in [0.29, 0.717) is 0 Å². The number of piperazine rings is 2. The van der Waals surface area contributed by atoms with Crippen molar-refractivity contribution < 1.29 is 4.79 Å². The number of carbonyl (C=O) groups excluding carboxylic acids is 1. The second-order valence-corrected chi connectivity index (χ2v) is 7.87. The highest BCUT2D eigenvalue weighted by atomic mass is 32.1. The molecule has 2 aliphatic rings. The van der Waals surface area contributed by atoms with E-state index in [2.05, 4.69) is 41.3 Å². The Balaban J connectivity index is 1.38. The quantitative estimate of drug-likeness (QED) is 0.541. The third-order valence-electron chi connectivity index (χ3n) is 5.36. The SMILES string of the molecule is CCc1nsc(N2CCN(C(=NC)NCCN3CCN(C(C)=O)CC3)CC2)n1. The van der Waals surface area contributed by atoms with Gasteiger partial charge in [-0.3, -0.25) is 14.7 Å². The first-order valence-corrected chi connectivity index (χ1v) is 10.9. The fourth-order valence-corrected chi connectivity index (χ4v) is 4.37. The normalized spacial score (nSPS) is 19.2. The number of nitrogens with one attached hydrogen (secondary N) is 1. The van der Waals surface area contributed by atoms with Gasteiger partial charge in [-0.25, -0.2) is 4.98 Å². The van der Waals surface area contributed by atoms with E-state index in [4.69, 9.17) is 0 Å². The molecule has 0 aliphatic carbocycles. The van der Waals surface area contributed by atoms with Crippen molar-refractivity contribution in [3.05, 3.63) is 5.82 Å². The molecule has 2 aliphatic heterocycles. The van der Waals surface area contributed by atoms with Gasteiger partial charge in [0.2, 0.25) is 11.0 Å². The molecule has 1 aromatic heterocycles. The number of hydrogen-bond donors (Lipinski definition) is 1. The summed E-state index contributed by atoms with van der Waals surface area (Å²) in [6.07, 6.45) is 0.886. The summed E-state index contributed by atoms with van der Waals surface area (Å²) in [4.78, 5) is 29.4. The molecule has 28 heavy (non-hydrogen) atoms. The van der Waals surface area contributed by atoms with Crippen LogP contribution in [0.4, 0.5) is 5.13 Å². The van der Waals surface area contributed by atoms with Crippen LogP contribution in [0.15, 0.2) is 4.99 Å². The number of guanidine groups is 1. The Morgan fingerprint density at radius 1 is 1.11 bits per heavy atom. The maximum absolute atomic E-state index is 11.4. The minimum absolute atomic E-state index is 0.178. The van der Waals surface area contributed by atoms with E-state index in [1.54, 1.807) is 6.92 Å². The highest BCUT2D eigenvalue weighted by molar-refractivity contribution is 7.09. The van der Waals surface area contributed by atoms with Crippen LogP contribution in [-0.4, -0.2) is 108 Å². The van der Waals surface area contributed by atoms with Crippen LogP contribution in [0.25, 0.3) is 0 Å². The van der Waals surface area contributed by atoms with Gasteiger partial charge in [0.05, 0.1) is 0 Å². The summed E-state index contributed by atoms with van der Waals surface area (Å²) in [5.41, 5.74) is 0. The molecule has 3 heterocycles. The van der Waals surface area contributed by atoms with Crippen LogP contribution in [-0.2, 0) is 11.2 Å². The number of hydrogen-bond acceptors (Lipinski definition) is 7. The zero-order valence-electron chi connectivity index (χ0n) is 17.2. The topological polar surface area (TPSA) is 80.2 Å². The van der Waals surface area contributed by atoms with Crippen molar-refractivity contribution in [3.63, 3.8) is 0 Å². The van der Waals surface area contributed by atoms with Gasteiger partial charge >= 0.3 is 0 Å². The number of carbonyl (C=O) groups is 1. The molecule has 1 amide bonds. The first-order chi connectivity index (χ1) is 13.6. The van der Waals surface area contributed by atoms with E-state index in [-0.39, 0.29) is 5.91 Å². The first-order valence-electron chi connectivity index (χ1n) is 10.1. The van der Waals surface area contributed by atoms with Crippen molar-refractivity contribution in [2.24, 2.45) is 4.99 Å². The van der Waals surface area contributed by atoms with Crippen LogP contribution in [0.5, 0.6) is 0 Å². The van der Waals surface area contributed by atoms with E-state index >= 15 is 0 Å². The van der Waals surface area contributed by atoms with Crippen molar-refractivity contribution in [1.82, 2.24) is 29.4 Å². The molecule has 1 N–H and O–H groups in total. The van der Waals surface area contributed by atoms with Gasteiger partial charge in [-0.1, -0.05) is 6.92 Å². The minimum Gasteiger partial charge on any atom is -0.355 e. The highest BCUT2D eigenvalue weighted by Gasteiger charge is 2.22. The summed E-state index contributed by atoms with van der Waals surface area (Å²) in [6.45, 7) is 12.8. The second-order valence-electron chi connectivity index (χ2n) is 7.14. The lowest BCUT2D eigenvalue weighted by atomic mass is 10.3. The molecule has 156 valence electrons. The number of aryl methyl sites for hydroxylation is 1. The Morgan fingerprint density at radius 3 is 2.36 bits per heavy atom. The third kappa shape index (κ3) is 5.32. The fourth-order valence-electron chi connectivity index (χ4n) is 3.57. The predicted octanol–water partition coefficient (Wildman–Crippen LogP) is -0.0380. The predicted molar refractivity (Wildman–Crippen MR) is 113 cm³/mol. The van der Waals surface area contributed by atoms with E-state index in [1.807, 2.05) is 11.9 Å². The van der Waals surface area contributed by atoms with Crippen molar-refractivity contribution in [3.8, 4) is 0 Å². The zero-order chi connectivity index (χ0) is 19.9. The molecule has 9 nitrogen and oxygen atoms in total. The van der Waals surface area contributed by atoms with Gasteiger partial charge in [0.15, 0.2) is 5.96 Å². The Hall–Kier alpha value is -1.94. The summed E-state index contributed by atoms with van der Waals surface area (Å²) >= 11 is 1.50. The van der Waals surface area contributed by atoms with Gasteiger partial charge in [-0.15, -0.1) is 0 Å². The van der Waals surface area contributed by atoms with E-state index in [0.717, 1.165) is 88.8 Å². The second kappa shape index (κ2) is 10.0. The number of aliphatic imine (C=N–C) groups is 1. The van der Waals surface area contributed by atoms with Crippen LogP contribution in [0.1, 0.15) is 19.7 Å². The maximum atomic E-state index is 11.4. The number of rotatable bonds is 5. The standard InChI is InChI=1S/C18H32N8OS/c1-4-16-21-18(28-22-16)26-13-11-25(12-14-26)17(19-3)20-5-6-23-7-9-24(10-8-23)15(2)27/h4-14H2,1-3H3,(H,19,20). The van der Waals surface area contributed by atoms with Gasteiger partial charge in [-0.2, -0.15) is 4.37 Å². The molecule has 0 saturated carbocycles. The monoisotopic (exact) mass is 408 g/mol. The Morgan fingerprint density at radius 2 is 1.79 bits per heavy atom. The molecule has 0 radical (unpaired) electrons. The molecule has 0 unspecified atom stereocenters. The van der Waals surface area contributed by atoms with Crippen LogP contribution >= 0.6 is 11.5 Å². The summed E-state index contributed by atoms with van der Waals surface area (Å²) in [5.74, 6) is 2.08. The summed E-state index contributed by atoms with van der Waals surface area (Å²) in [7, 11) is 1.85. The Labute approximate surface area is 171 Å². The average Bonchev–Trinajstić information content (AvgIpc) is 3.21. The van der Waals surface area contributed by atoms with Crippen LogP contribution in [0.3, 0.4) is 0 Å². The third-order valence-corrected chi connectivity index (χ3v) is 6.18. The Bertz CT molecular complexity index is 662. The van der Waals surface area contributed by atoms with E-state index in [1.165, 1.54) is 11.5 Å².